The van der Waals surface area contributed by atoms with Gasteiger partial charge in [-0.3, -0.25) is 9.28 Å². The summed E-state index contributed by atoms with van der Waals surface area (Å²) in [7, 11) is 4.26. The summed E-state index contributed by atoms with van der Waals surface area (Å²) in [5.74, 6) is 0.123. The molecule has 4 heteroatoms. The Hall–Kier alpha value is -1.17. The number of fused-ring (bicyclic) bond motifs is 1. The van der Waals surface area contributed by atoms with Crippen molar-refractivity contribution in [3.8, 4) is 0 Å². The van der Waals surface area contributed by atoms with E-state index in [2.05, 4.69) is 48.8 Å². The molecule has 0 unspecified atom stereocenters. The second-order valence-corrected chi connectivity index (χ2v) is 6.41. The largest absolute Gasteiger partial charge is 1.00 e. The molecule has 0 bridgehead atoms. The van der Waals surface area contributed by atoms with E-state index in [9.17, 15) is 4.79 Å². The van der Waals surface area contributed by atoms with Gasteiger partial charge >= 0.3 is 0 Å². The lowest BCUT2D eigenvalue weighted by molar-refractivity contribution is -0.0000112. The summed E-state index contributed by atoms with van der Waals surface area (Å²) < 4.78 is 1.39. The van der Waals surface area contributed by atoms with Gasteiger partial charge in [0.25, 0.3) is 0 Å². The van der Waals surface area contributed by atoms with Crippen LogP contribution in [-0.4, -0.2) is 19.9 Å². The second-order valence-electron chi connectivity index (χ2n) is 5.33. The molecule has 0 spiro atoms. The third-order valence-corrected chi connectivity index (χ3v) is 4.77. The Morgan fingerprint density at radius 3 is 2.14 bits per heavy atom. The molecule has 0 amide bonds. The molecule has 0 N–H and O–H groups in total. The highest BCUT2D eigenvalue weighted by molar-refractivity contribution is 14.1. The number of hydrogen-bond acceptors (Lipinski definition) is 1. The van der Waals surface area contributed by atoms with Crippen LogP contribution >= 0.6 is 22.6 Å². The van der Waals surface area contributed by atoms with Crippen molar-refractivity contribution in [3.63, 3.8) is 0 Å². The zero-order valence-electron chi connectivity index (χ0n) is 11.8. The molecule has 0 atom stereocenters. The Bertz CT molecular complexity index is 723. The molecule has 2 aromatic carbocycles. The van der Waals surface area contributed by atoms with Crippen LogP contribution in [0.25, 0.3) is 5.70 Å². The normalized spacial score (nSPS) is 16.2. The molecule has 1 aliphatic rings. The van der Waals surface area contributed by atoms with Crippen LogP contribution in [0.15, 0.2) is 58.2 Å². The summed E-state index contributed by atoms with van der Waals surface area (Å²) in [6, 6.07) is 18.0. The first-order valence-corrected chi connectivity index (χ1v) is 7.55. The predicted octanol–water partition coefficient (Wildman–Crippen LogP) is 1.26. The van der Waals surface area contributed by atoms with E-state index >= 15 is 0 Å². The molecule has 2 nitrogen and oxygen atoms in total. The monoisotopic (exact) mass is 411 g/mol. The van der Waals surface area contributed by atoms with Crippen LogP contribution in [0.2, 0.25) is 0 Å². The molecular weight excluding hydrogens is 397 g/mol. The second kappa shape index (κ2) is 5.91. The third-order valence-electron chi connectivity index (χ3n) is 3.76. The SMILES string of the molecule is C[N+]1(C)C(c2ccccc2)=C(I)C(=O)c2ccccc21.[Cl-]. The number of allylic oxidation sites excluding steroid dienone is 1. The van der Waals surface area contributed by atoms with Crippen LogP contribution in [0.1, 0.15) is 15.9 Å². The summed E-state index contributed by atoms with van der Waals surface area (Å²) in [5, 5.41) is 0. The van der Waals surface area contributed by atoms with Gasteiger partial charge in [-0.2, -0.15) is 0 Å². The summed E-state index contributed by atoms with van der Waals surface area (Å²) in [4.78, 5) is 12.6. The Morgan fingerprint density at radius 1 is 0.905 bits per heavy atom. The van der Waals surface area contributed by atoms with Crippen LogP contribution in [0.4, 0.5) is 5.69 Å². The molecular formula is C17H15ClINO. The van der Waals surface area contributed by atoms with Crippen LogP contribution in [0.3, 0.4) is 0 Å². The van der Waals surface area contributed by atoms with Crippen molar-refractivity contribution in [3.05, 3.63) is 69.3 Å². The molecule has 0 aromatic heterocycles. The number of para-hydroxylation sites is 1. The molecule has 108 valence electrons. The smallest absolute Gasteiger partial charge is 0.211 e. The van der Waals surface area contributed by atoms with Crippen LogP contribution < -0.4 is 16.9 Å². The molecule has 21 heavy (non-hydrogen) atoms. The topological polar surface area (TPSA) is 17.1 Å². The molecule has 1 aliphatic heterocycles. The van der Waals surface area contributed by atoms with Crippen molar-refractivity contribution >= 4 is 39.8 Å². The van der Waals surface area contributed by atoms with Gasteiger partial charge in [0.15, 0.2) is 5.70 Å². The van der Waals surface area contributed by atoms with E-state index in [1.807, 2.05) is 42.5 Å². The minimum atomic E-state index is 0. The lowest BCUT2D eigenvalue weighted by atomic mass is 9.96. The molecule has 0 saturated heterocycles. The fraction of sp³-hybridized carbons (Fsp3) is 0.118. The highest BCUT2D eigenvalue weighted by Crippen LogP contribution is 2.43. The van der Waals surface area contributed by atoms with E-state index in [4.69, 9.17) is 0 Å². The van der Waals surface area contributed by atoms with E-state index < -0.39 is 0 Å². The van der Waals surface area contributed by atoms with Gasteiger partial charge in [0.1, 0.15) is 9.27 Å². The molecule has 3 rings (SSSR count). The van der Waals surface area contributed by atoms with Crippen molar-refractivity contribution in [2.75, 3.05) is 14.1 Å². The Labute approximate surface area is 144 Å². The first-order chi connectivity index (χ1) is 9.53. The van der Waals surface area contributed by atoms with Gasteiger partial charge in [0.2, 0.25) is 5.78 Å². The quantitative estimate of drug-likeness (QED) is 0.510. The Kier molecular flexibility index (Phi) is 4.56. The van der Waals surface area contributed by atoms with Crippen LogP contribution in [0, 0.1) is 0 Å². The number of hydrogen-bond donors (Lipinski definition) is 0. The van der Waals surface area contributed by atoms with E-state index in [0.717, 1.165) is 26.1 Å². The average Bonchev–Trinajstić information content (AvgIpc) is 2.46. The minimum Gasteiger partial charge on any atom is -1.00 e. The van der Waals surface area contributed by atoms with Gasteiger partial charge in [-0.05, 0) is 40.8 Å². The van der Waals surface area contributed by atoms with Crippen LogP contribution in [-0.2, 0) is 0 Å². The summed E-state index contributed by atoms with van der Waals surface area (Å²) in [5.41, 5.74) is 4.03. The van der Waals surface area contributed by atoms with Crippen LogP contribution in [0.5, 0.6) is 0 Å². The molecule has 0 radical (unpaired) electrons. The molecule has 0 aliphatic carbocycles. The van der Waals surface area contributed by atoms with Crippen molar-refractivity contribution in [2.45, 2.75) is 0 Å². The Morgan fingerprint density at radius 2 is 1.48 bits per heavy atom. The molecule has 1 heterocycles. The number of Topliss-reactive ketones (excluding diaryl/α,β-unsaturated/α-hetero) is 1. The third kappa shape index (κ3) is 2.54. The summed E-state index contributed by atoms with van der Waals surface area (Å²) >= 11 is 2.18. The first kappa shape index (κ1) is 16.2. The number of nitrogens with zero attached hydrogens (tertiary/aromatic N) is 1. The molecule has 2 aromatic rings. The number of carbonyl (C=O) groups excluding carboxylic acids is 1. The van der Waals surface area contributed by atoms with Gasteiger partial charge in [0, 0.05) is 11.6 Å². The van der Waals surface area contributed by atoms with Gasteiger partial charge in [-0.1, -0.05) is 30.3 Å². The van der Waals surface area contributed by atoms with Crippen molar-refractivity contribution in [1.29, 1.82) is 0 Å². The summed E-state index contributed by atoms with van der Waals surface area (Å²) in [6.07, 6.45) is 0. The highest BCUT2D eigenvalue weighted by atomic mass is 127. The number of halogens is 2. The van der Waals surface area contributed by atoms with Crippen molar-refractivity contribution in [1.82, 2.24) is 4.48 Å². The maximum atomic E-state index is 12.6. The Balaban J connectivity index is 0.00000161. The number of quaternary nitrogens is 1. The minimum absolute atomic E-state index is 0. The number of ketones is 1. The highest BCUT2D eigenvalue weighted by Gasteiger charge is 2.40. The summed E-state index contributed by atoms with van der Waals surface area (Å²) in [6.45, 7) is 0. The number of benzene rings is 2. The standard InChI is InChI=1S/C17H15INO.ClH/c1-19(2)14-11-7-6-10-13(14)17(20)15(18)16(19)12-8-4-3-5-9-12;/h3-11H,1-2H3;1H/q+1;/p-1. The fourth-order valence-corrected chi connectivity index (χ4v) is 4.00. The average molecular weight is 412 g/mol. The van der Waals surface area contributed by atoms with Crippen molar-refractivity contribution < 1.29 is 17.2 Å². The van der Waals surface area contributed by atoms with E-state index in [0.29, 0.717) is 4.48 Å². The fourth-order valence-electron chi connectivity index (χ4n) is 2.79. The number of carbonyl (C=O) groups is 1. The lowest BCUT2D eigenvalue weighted by Gasteiger charge is -2.36. The van der Waals surface area contributed by atoms with Gasteiger partial charge in [-0.15, -0.1) is 0 Å². The van der Waals surface area contributed by atoms with E-state index in [1.54, 1.807) is 0 Å². The zero-order valence-corrected chi connectivity index (χ0v) is 14.7. The maximum Gasteiger partial charge on any atom is 0.211 e. The zero-order chi connectivity index (χ0) is 14.3. The predicted molar refractivity (Wildman–Crippen MR) is 91.8 cm³/mol. The van der Waals surface area contributed by atoms with Crippen molar-refractivity contribution in [2.24, 2.45) is 0 Å². The van der Waals surface area contributed by atoms with E-state index in [-0.39, 0.29) is 18.2 Å². The van der Waals surface area contributed by atoms with Gasteiger partial charge in [-0.25, -0.2) is 0 Å². The van der Waals surface area contributed by atoms with Gasteiger partial charge in [0.05, 0.1) is 19.7 Å². The maximum absolute atomic E-state index is 12.6. The molecule has 0 fully saturated rings. The first-order valence-electron chi connectivity index (χ1n) is 6.47. The van der Waals surface area contributed by atoms with Gasteiger partial charge < -0.3 is 12.4 Å². The lowest BCUT2D eigenvalue weighted by Crippen LogP contribution is -3.00. The van der Waals surface area contributed by atoms with E-state index in [1.165, 1.54) is 0 Å². The molecule has 0 saturated carbocycles. The number of rotatable bonds is 1.